The maximum Gasteiger partial charge on any atom is 0.149 e. The monoisotopic (exact) mass is 486 g/mol. The maximum absolute atomic E-state index is 15.3. The molecular weight excluding hydrogens is 454 g/mol. The van der Waals surface area contributed by atoms with E-state index in [0.29, 0.717) is 12.6 Å². The molecule has 0 aliphatic heterocycles. The van der Waals surface area contributed by atoms with Crippen LogP contribution in [0.5, 0.6) is 0 Å². The lowest BCUT2D eigenvalue weighted by atomic mass is 10.1. The normalized spacial score (nSPS) is 13.5. The van der Waals surface area contributed by atoms with Crippen LogP contribution in [0.2, 0.25) is 0 Å². The van der Waals surface area contributed by atoms with Crippen LogP contribution < -0.4 is 21.2 Å². The molecule has 2 nitrogen and oxygen atoms in total. The first kappa shape index (κ1) is 24.6. The molecule has 0 saturated heterocycles. The quantitative estimate of drug-likeness (QED) is 0.294. The fourth-order valence-electron chi connectivity index (χ4n) is 4.56. The summed E-state index contributed by atoms with van der Waals surface area (Å²) < 4.78 is 15.3. The van der Waals surface area contributed by atoms with Crippen molar-refractivity contribution in [3.05, 3.63) is 121 Å². The molecule has 0 saturated carbocycles. The van der Waals surface area contributed by atoms with E-state index in [1.807, 2.05) is 72.8 Å². The number of hydrogen-bond acceptors (Lipinski definition) is 2. The predicted octanol–water partition coefficient (Wildman–Crippen LogP) is 5.66. The second-order valence-electron chi connectivity index (χ2n) is 8.53. The van der Waals surface area contributed by atoms with Gasteiger partial charge >= 0.3 is 0 Å². The Labute approximate surface area is 204 Å². The highest BCUT2D eigenvalue weighted by molar-refractivity contribution is 7.81. The highest BCUT2D eigenvalue weighted by Crippen LogP contribution is 2.54. The molecule has 1 N–H and O–H groups in total. The zero-order valence-electron chi connectivity index (χ0n) is 19.6. The number of benzene rings is 4. The fraction of sp³-hybridized carbons (Fsp3) is 0.200. The van der Waals surface area contributed by atoms with Crippen LogP contribution in [0.3, 0.4) is 0 Å². The predicted molar refractivity (Wildman–Crippen MR) is 148 cm³/mol. The van der Waals surface area contributed by atoms with Gasteiger partial charge in [-0.1, -0.05) is 135 Å². The molecule has 2 atom stereocenters. The van der Waals surface area contributed by atoms with E-state index in [9.17, 15) is 5.11 Å². The Kier molecular flexibility index (Phi) is 8.52. The Hall–Kier alpha value is -2.50. The van der Waals surface area contributed by atoms with Crippen molar-refractivity contribution in [2.45, 2.75) is 31.5 Å². The van der Waals surface area contributed by atoms with Crippen LogP contribution in [0.4, 0.5) is 0 Å². The van der Waals surface area contributed by atoms with Gasteiger partial charge in [-0.25, -0.2) is 0 Å². The van der Waals surface area contributed by atoms with Crippen LogP contribution in [-0.2, 0) is 4.57 Å². The van der Waals surface area contributed by atoms with Crippen molar-refractivity contribution in [3.63, 3.8) is 0 Å². The third-order valence-corrected chi connectivity index (χ3v) is 12.8. The van der Waals surface area contributed by atoms with Crippen molar-refractivity contribution in [3.8, 4) is 0 Å². The standard InChI is InChI=1S/C30H32O2P2/c1-2-15-29(31)30(24-33(25-16-7-3-8-17-25)26-18-9-4-10-19-26)34(32,27-20-11-5-12-21-27)28-22-13-6-14-23-28/h3-14,16-23,29-31H,2,15,24H2,1H3/t29-,30-/m0/s1. The molecule has 0 unspecified atom stereocenters. The molecule has 34 heavy (non-hydrogen) atoms. The topological polar surface area (TPSA) is 37.3 Å². The summed E-state index contributed by atoms with van der Waals surface area (Å²) in [5.41, 5.74) is -0.385. The van der Waals surface area contributed by atoms with Gasteiger partial charge < -0.3 is 9.67 Å². The van der Waals surface area contributed by atoms with Crippen LogP contribution in [0, 0.1) is 0 Å². The number of rotatable bonds is 10. The highest BCUT2D eigenvalue weighted by Gasteiger charge is 2.42. The van der Waals surface area contributed by atoms with E-state index in [1.165, 1.54) is 10.6 Å². The summed E-state index contributed by atoms with van der Waals surface area (Å²) in [6, 6.07) is 40.6. The Balaban J connectivity index is 1.88. The molecule has 4 aromatic rings. The molecule has 0 amide bonds. The number of aliphatic hydroxyl groups excluding tert-OH is 1. The Morgan fingerprint density at radius 2 is 1.06 bits per heavy atom. The summed E-state index contributed by atoms with van der Waals surface area (Å²) in [6.45, 7) is 2.08. The third kappa shape index (κ3) is 5.42. The number of hydrogen-bond donors (Lipinski definition) is 1. The zero-order valence-corrected chi connectivity index (χ0v) is 21.4. The van der Waals surface area contributed by atoms with E-state index < -0.39 is 21.2 Å². The van der Waals surface area contributed by atoms with Crippen LogP contribution in [-0.4, -0.2) is 23.0 Å². The molecule has 0 spiro atoms. The van der Waals surface area contributed by atoms with Gasteiger partial charge in [0.2, 0.25) is 0 Å². The molecule has 0 fully saturated rings. The third-order valence-electron chi connectivity index (χ3n) is 6.28. The Morgan fingerprint density at radius 3 is 1.44 bits per heavy atom. The summed E-state index contributed by atoms with van der Waals surface area (Å²) in [6.07, 6.45) is 1.47. The van der Waals surface area contributed by atoms with Gasteiger partial charge in [-0.3, -0.25) is 0 Å². The van der Waals surface area contributed by atoms with Crippen LogP contribution in [0.25, 0.3) is 0 Å². The molecule has 4 heteroatoms. The molecule has 0 aliphatic rings. The second kappa shape index (κ2) is 11.8. The van der Waals surface area contributed by atoms with Gasteiger partial charge in [0, 0.05) is 10.6 Å². The van der Waals surface area contributed by atoms with Gasteiger partial charge in [-0.2, -0.15) is 0 Å². The van der Waals surface area contributed by atoms with Crippen molar-refractivity contribution < 1.29 is 9.67 Å². The molecule has 4 rings (SSSR count). The van der Waals surface area contributed by atoms with Crippen molar-refractivity contribution in [2.24, 2.45) is 0 Å². The van der Waals surface area contributed by atoms with Gasteiger partial charge in [0.15, 0.2) is 0 Å². The van der Waals surface area contributed by atoms with E-state index in [0.717, 1.165) is 17.0 Å². The summed E-state index contributed by atoms with van der Waals surface area (Å²) in [5, 5.41) is 15.7. The van der Waals surface area contributed by atoms with E-state index in [-0.39, 0.29) is 5.66 Å². The minimum absolute atomic E-state index is 0.385. The highest BCUT2D eigenvalue weighted by atomic mass is 31.2. The minimum atomic E-state index is -3.15. The lowest BCUT2D eigenvalue weighted by molar-refractivity contribution is 0.163. The van der Waals surface area contributed by atoms with E-state index in [4.69, 9.17) is 0 Å². The van der Waals surface area contributed by atoms with Gasteiger partial charge in [0.05, 0.1) is 11.8 Å². The molecule has 0 aromatic heterocycles. The summed E-state index contributed by atoms with van der Waals surface area (Å²) >= 11 is 0. The largest absolute Gasteiger partial charge is 0.392 e. The van der Waals surface area contributed by atoms with Gasteiger partial charge in [0.1, 0.15) is 7.14 Å². The fourth-order valence-corrected chi connectivity index (χ4v) is 11.3. The van der Waals surface area contributed by atoms with Crippen molar-refractivity contribution in [1.82, 2.24) is 0 Å². The maximum atomic E-state index is 15.3. The summed E-state index contributed by atoms with van der Waals surface area (Å²) in [4.78, 5) is 0. The van der Waals surface area contributed by atoms with E-state index in [1.54, 1.807) is 0 Å². The van der Waals surface area contributed by atoms with Crippen LogP contribution in [0.15, 0.2) is 121 Å². The first-order chi connectivity index (χ1) is 16.6. The van der Waals surface area contributed by atoms with Crippen molar-refractivity contribution >= 4 is 36.3 Å². The second-order valence-corrected chi connectivity index (χ2v) is 13.8. The van der Waals surface area contributed by atoms with Gasteiger partial charge in [-0.15, -0.1) is 0 Å². The SMILES string of the molecule is CCC[C@H](O)[C@H](CP(c1ccccc1)c1ccccc1)P(=O)(c1ccccc1)c1ccccc1. The van der Waals surface area contributed by atoms with E-state index in [2.05, 4.69) is 55.5 Å². The molecule has 0 bridgehead atoms. The van der Waals surface area contributed by atoms with Crippen molar-refractivity contribution in [1.29, 1.82) is 0 Å². The minimum Gasteiger partial charge on any atom is -0.392 e. The summed E-state index contributed by atoms with van der Waals surface area (Å²) in [5.74, 6) is 0. The van der Waals surface area contributed by atoms with Gasteiger partial charge in [0.25, 0.3) is 0 Å². The molecule has 4 aromatic carbocycles. The Morgan fingerprint density at radius 1 is 0.676 bits per heavy atom. The van der Waals surface area contributed by atoms with Crippen LogP contribution in [0.1, 0.15) is 19.8 Å². The molecule has 174 valence electrons. The lowest BCUT2D eigenvalue weighted by Crippen LogP contribution is -2.38. The smallest absolute Gasteiger partial charge is 0.149 e. The molecular formula is C30H32O2P2. The zero-order chi connectivity index (χ0) is 23.8. The number of aliphatic hydroxyl groups is 1. The lowest BCUT2D eigenvalue weighted by Gasteiger charge is -2.35. The average molecular weight is 487 g/mol. The average Bonchev–Trinajstić information content (AvgIpc) is 2.91. The van der Waals surface area contributed by atoms with Crippen molar-refractivity contribution in [2.75, 3.05) is 6.16 Å². The van der Waals surface area contributed by atoms with E-state index >= 15 is 4.57 Å². The first-order valence-corrected chi connectivity index (χ1v) is 15.2. The first-order valence-electron chi connectivity index (χ1n) is 11.9. The molecule has 0 aliphatic carbocycles. The van der Waals surface area contributed by atoms with Crippen LogP contribution >= 0.6 is 15.1 Å². The molecule has 0 radical (unpaired) electrons. The molecule has 0 heterocycles. The Bertz CT molecular complexity index is 1100. The van der Waals surface area contributed by atoms with Gasteiger partial charge in [-0.05, 0) is 31.1 Å². The summed E-state index contributed by atoms with van der Waals surface area (Å²) in [7, 11) is -3.96.